The lowest BCUT2D eigenvalue weighted by molar-refractivity contribution is -0.671. The molecule has 0 bridgehead atoms. The van der Waals surface area contributed by atoms with Crippen molar-refractivity contribution in [3.8, 4) is 5.75 Å². The van der Waals surface area contributed by atoms with Gasteiger partial charge in [-0.15, -0.1) is 0 Å². The first-order chi connectivity index (χ1) is 12.3. The summed E-state index contributed by atoms with van der Waals surface area (Å²) in [6.07, 6.45) is 0. The number of halogens is 1. The number of aromatic amines is 1. The summed E-state index contributed by atoms with van der Waals surface area (Å²) in [5.41, 5.74) is 3.53. The van der Waals surface area contributed by atoms with Gasteiger partial charge in [0, 0.05) is 5.02 Å². The van der Waals surface area contributed by atoms with E-state index in [4.69, 9.17) is 16.3 Å². The van der Waals surface area contributed by atoms with E-state index >= 15 is 0 Å². The maximum absolute atomic E-state index is 5.94. The first-order valence-corrected chi connectivity index (χ1v) is 8.59. The molecule has 0 unspecified atom stereocenters. The van der Waals surface area contributed by atoms with Gasteiger partial charge < -0.3 is 4.74 Å². The molecule has 0 aliphatic rings. The van der Waals surface area contributed by atoms with Crippen molar-refractivity contribution in [1.82, 2.24) is 4.98 Å². The van der Waals surface area contributed by atoms with Gasteiger partial charge in [0.1, 0.15) is 12.3 Å². The van der Waals surface area contributed by atoms with Gasteiger partial charge in [0.2, 0.25) is 0 Å². The number of para-hydroxylation sites is 2. The van der Waals surface area contributed by atoms with Crippen LogP contribution in [0.1, 0.15) is 11.4 Å². The number of hydrogen-bond acceptors (Lipinski definition) is 1. The number of hydrogen-bond donors (Lipinski definition) is 1. The molecule has 1 N–H and O–H groups in total. The molecule has 4 rings (SSSR count). The van der Waals surface area contributed by atoms with E-state index < -0.39 is 0 Å². The van der Waals surface area contributed by atoms with Crippen LogP contribution in [-0.2, 0) is 13.2 Å². The highest BCUT2D eigenvalue weighted by Gasteiger charge is 2.19. The van der Waals surface area contributed by atoms with E-state index in [2.05, 4.69) is 52.0 Å². The number of benzene rings is 3. The smallest absolute Gasteiger partial charge is 0.294 e. The van der Waals surface area contributed by atoms with Gasteiger partial charge in [-0.3, -0.25) is 0 Å². The van der Waals surface area contributed by atoms with E-state index in [1.165, 1.54) is 11.1 Å². The second-order valence-electron chi connectivity index (χ2n) is 5.90. The fraction of sp³-hybridized carbons (Fsp3) is 0.0952. The number of ether oxygens (including phenoxy) is 1. The van der Waals surface area contributed by atoms with Crippen molar-refractivity contribution in [3.63, 3.8) is 0 Å². The van der Waals surface area contributed by atoms with E-state index in [1.54, 1.807) is 0 Å². The number of nitrogens with one attached hydrogen (secondary N) is 1. The summed E-state index contributed by atoms with van der Waals surface area (Å²) in [4.78, 5) is 3.48. The summed E-state index contributed by atoms with van der Waals surface area (Å²) in [6, 6.07) is 26.2. The van der Waals surface area contributed by atoms with Crippen molar-refractivity contribution >= 4 is 22.6 Å². The summed E-state index contributed by atoms with van der Waals surface area (Å²) >= 11 is 5.93. The highest BCUT2D eigenvalue weighted by Crippen LogP contribution is 2.17. The lowest BCUT2D eigenvalue weighted by Crippen LogP contribution is -2.38. The molecule has 124 valence electrons. The van der Waals surface area contributed by atoms with Crippen LogP contribution in [-0.4, -0.2) is 4.98 Å². The number of fused-ring (bicyclic) bond motifs is 1. The molecule has 0 saturated heterocycles. The monoisotopic (exact) mass is 349 g/mol. The van der Waals surface area contributed by atoms with Crippen molar-refractivity contribution in [1.29, 1.82) is 0 Å². The van der Waals surface area contributed by atoms with Crippen molar-refractivity contribution < 1.29 is 9.30 Å². The average molecular weight is 350 g/mol. The molecule has 0 fully saturated rings. The SMILES string of the molecule is Clc1ccc(OCc2[nH]c3ccccc3[n+]2Cc2ccccc2)cc1. The van der Waals surface area contributed by atoms with E-state index in [-0.39, 0.29) is 0 Å². The Morgan fingerprint density at radius 1 is 0.840 bits per heavy atom. The Hall–Kier alpha value is -2.78. The van der Waals surface area contributed by atoms with Gasteiger partial charge in [0.25, 0.3) is 5.82 Å². The molecule has 0 aliphatic heterocycles. The van der Waals surface area contributed by atoms with Crippen LogP contribution in [0, 0.1) is 0 Å². The molecular weight excluding hydrogens is 332 g/mol. The average Bonchev–Trinajstić information content (AvgIpc) is 3.00. The molecule has 4 aromatic rings. The third kappa shape index (κ3) is 3.52. The van der Waals surface area contributed by atoms with Crippen molar-refractivity contribution in [2.45, 2.75) is 13.2 Å². The number of imidazole rings is 1. The highest BCUT2D eigenvalue weighted by molar-refractivity contribution is 6.30. The lowest BCUT2D eigenvalue weighted by atomic mass is 10.2. The second kappa shape index (κ2) is 6.99. The lowest BCUT2D eigenvalue weighted by Gasteiger charge is -2.05. The molecule has 0 radical (unpaired) electrons. The minimum absolute atomic E-state index is 0.461. The standard InChI is InChI=1S/C21H17ClN2O/c22-17-10-12-18(13-11-17)25-15-21-23-19-8-4-5-9-20(19)24(21)14-16-6-2-1-3-7-16/h1-13H,14-15H2/p+1. The molecule has 4 heteroatoms. The van der Waals surface area contributed by atoms with E-state index in [9.17, 15) is 0 Å². The van der Waals surface area contributed by atoms with Crippen LogP contribution >= 0.6 is 11.6 Å². The van der Waals surface area contributed by atoms with Gasteiger partial charge in [-0.1, -0.05) is 54.1 Å². The van der Waals surface area contributed by atoms with E-state index in [1.807, 2.05) is 36.4 Å². The van der Waals surface area contributed by atoms with Gasteiger partial charge in [0.05, 0.1) is 0 Å². The normalized spacial score (nSPS) is 10.9. The van der Waals surface area contributed by atoms with Gasteiger partial charge in [-0.2, -0.15) is 0 Å². The van der Waals surface area contributed by atoms with Crippen molar-refractivity contribution in [2.75, 3.05) is 0 Å². The van der Waals surface area contributed by atoms with Crippen LogP contribution in [0.4, 0.5) is 0 Å². The zero-order chi connectivity index (χ0) is 17.1. The topological polar surface area (TPSA) is 28.9 Å². The van der Waals surface area contributed by atoms with Crippen LogP contribution in [0.2, 0.25) is 5.02 Å². The zero-order valence-corrected chi connectivity index (χ0v) is 14.4. The number of nitrogens with zero attached hydrogens (tertiary/aromatic N) is 1. The first kappa shape index (κ1) is 15.7. The summed E-state index contributed by atoms with van der Waals surface area (Å²) in [6.45, 7) is 1.26. The van der Waals surface area contributed by atoms with E-state index in [0.29, 0.717) is 11.6 Å². The maximum atomic E-state index is 5.94. The molecule has 0 aliphatic carbocycles. The Balaban J connectivity index is 1.65. The minimum atomic E-state index is 0.461. The molecule has 0 atom stereocenters. The number of aromatic nitrogens is 2. The van der Waals surface area contributed by atoms with Crippen molar-refractivity contribution in [3.05, 3.63) is 95.3 Å². The molecule has 0 spiro atoms. The van der Waals surface area contributed by atoms with Crippen LogP contribution in [0.15, 0.2) is 78.9 Å². The second-order valence-corrected chi connectivity index (χ2v) is 6.34. The quantitative estimate of drug-likeness (QED) is 0.518. The fourth-order valence-corrected chi connectivity index (χ4v) is 3.05. The fourth-order valence-electron chi connectivity index (χ4n) is 2.93. The van der Waals surface area contributed by atoms with E-state index in [0.717, 1.165) is 23.6 Å². The predicted octanol–water partition coefficient (Wildman–Crippen LogP) is 4.74. The largest absolute Gasteiger partial charge is 0.481 e. The van der Waals surface area contributed by atoms with Crippen LogP contribution in [0.25, 0.3) is 11.0 Å². The van der Waals surface area contributed by atoms with Gasteiger partial charge in [-0.05, 0) is 42.0 Å². The molecule has 0 saturated carbocycles. The van der Waals surface area contributed by atoms with Gasteiger partial charge in [-0.25, -0.2) is 9.55 Å². The predicted molar refractivity (Wildman–Crippen MR) is 99.8 cm³/mol. The highest BCUT2D eigenvalue weighted by atomic mass is 35.5. The summed E-state index contributed by atoms with van der Waals surface area (Å²) in [5.74, 6) is 1.83. The Bertz CT molecular complexity index is 978. The molecular formula is C21H18ClN2O+. The number of rotatable bonds is 5. The first-order valence-electron chi connectivity index (χ1n) is 8.21. The Morgan fingerprint density at radius 2 is 1.56 bits per heavy atom. The summed E-state index contributed by atoms with van der Waals surface area (Å²) < 4.78 is 8.21. The summed E-state index contributed by atoms with van der Waals surface area (Å²) in [7, 11) is 0. The Kier molecular flexibility index (Phi) is 4.40. The van der Waals surface area contributed by atoms with Crippen molar-refractivity contribution in [2.24, 2.45) is 0 Å². The molecule has 3 nitrogen and oxygen atoms in total. The Morgan fingerprint density at radius 3 is 2.36 bits per heavy atom. The molecule has 0 amide bonds. The van der Waals surface area contributed by atoms with Gasteiger partial charge in [0.15, 0.2) is 17.6 Å². The third-order valence-electron chi connectivity index (χ3n) is 4.17. The minimum Gasteiger partial charge on any atom is -0.481 e. The van der Waals surface area contributed by atoms with Gasteiger partial charge >= 0.3 is 0 Å². The third-order valence-corrected chi connectivity index (χ3v) is 4.42. The van der Waals surface area contributed by atoms with Crippen LogP contribution < -0.4 is 9.30 Å². The zero-order valence-electron chi connectivity index (χ0n) is 13.7. The molecule has 25 heavy (non-hydrogen) atoms. The molecule has 1 aromatic heterocycles. The van der Waals surface area contributed by atoms with Crippen LogP contribution in [0.3, 0.4) is 0 Å². The molecule has 3 aromatic carbocycles. The van der Waals surface area contributed by atoms with Crippen LogP contribution in [0.5, 0.6) is 5.75 Å². The molecule has 1 heterocycles. The summed E-state index contributed by atoms with van der Waals surface area (Å²) in [5, 5.41) is 0.706. The number of H-pyrrole nitrogens is 1. The Labute approximate surface area is 151 Å². The maximum Gasteiger partial charge on any atom is 0.294 e.